The average Bonchev–Trinajstić information content (AvgIpc) is 4.03. The van der Waals surface area contributed by atoms with E-state index in [1.165, 1.54) is 112 Å². The van der Waals surface area contributed by atoms with Crippen LogP contribution in [0.1, 0.15) is 133 Å². The molecule has 0 radical (unpaired) electrons. The molecule has 0 spiro atoms. The first-order chi connectivity index (χ1) is 30.1. The van der Waals surface area contributed by atoms with Gasteiger partial charge < -0.3 is 35.1 Å². The lowest BCUT2D eigenvalue weighted by Gasteiger charge is -2.26. The number of aliphatic hydroxyl groups excluding tert-OH is 2. The van der Waals surface area contributed by atoms with E-state index in [2.05, 4.69) is 33.2 Å². The summed E-state index contributed by atoms with van der Waals surface area (Å²) in [5.41, 5.74) is 5.91. The number of hydrogen-bond donors (Lipinski definition) is 4. The lowest BCUT2D eigenvalue weighted by molar-refractivity contribution is -0.0790. The molecule has 19 heteroatoms. The smallest absolute Gasteiger partial charge is 0.387 e. The molecule has 0 saturated carbocycles. The number of aromatic nitrogens is 6. The van der Waals surface area contributed by atoms with Crippen LogP contribution in [0.15, 0.2) is 49.3 Å². The highest BCUT2D eigenvalue weighted by Crippen LogP contribution is 2.47. The van der Waals surface area contributed by atoms with Crippen LogP contribution >= 0.6 is 7.82 Å². The minimum Gasteiger partial charge on any atom is -0.387 e. The number of rotatable bonds is 30. The van der Waals surface area contributed by atoms with Crippen LogP contribution in [0.4, 0.5) is 5.82 Å². The molecule has 0 amide bonds. The van der Waals surface area contributed by atoms with Crippen molar-refractivity contribution in [1.29, 1.82) is 10.5 Å². The van der Waals surface area contributed by atoms with Gasteiger partial charge in [0.1, 0.15) is 67.7 Å². The topological polar surface area (TPSA) is 258 Å². The summed E-state index contributed by atoms with van der Waals surface area (Å²) in [6.07, 6.45) is 18.6. The first kappa shape index (κ1) is 48.7. The van der Waals surface area contributed by atoms with Gasteiger partial charge in [-0.05, 0) is 36.2 Å². The van der Waals surface area contributed by atoms with Gasteiger partial charge in [0.05, 0.1) is 36.8 Å². The first-order valence-electron chi connectivity index (χ1n) is 21.8. The third kappa shape index (κ3) is 14.1. The largest absolute Gasteiger partial charge is 0.472 e. The molecule has 0 aliphatic carbocycles. The van der Waals surface area contributed by atoms with Gasteiger partial charge in [-0.15, -0.1) is 0 Å². The molecule has 62 heavy (non-hydrogen) atoms. The third-order valence-corrected chi connectivity index (χ3v) is 12.0. The van der Waals surface area contributed by atoms with Crippen molar-refractivity contribution in [1.82, 2.24) is 29.4 Å². The van der Waals surface area contributed by atoms with Crippen LogP contribution in [0.5, 0.6) is 0 Å². The number of nitrogen functional groups attached to an aromatic ring is 1. The molecule has 0 bridgehead atoms. The quantitative estimate of drug-likeness (QED) is 0.0309. The highest BCUT2D eigenvalue weighted by Gasteiger charge is 2.57. The minimum absolute atomic E-state index is 0.0299. The van der Waals surface area contributed by atoms with Crippen LogP contribution < -0.4 is 5.73 Å². The molecule has 1 aliphatic rings. The number of phosphoric acid groups is 1. The molecule has 6 atom stereocenters. The molecule has 5 N–H and O–H groups in total. The predicted molar refractivity (Wildman–Crippen MR) is 228 cm³/mol. The van der Waals surface area contributed by atoms with Crippen molar-refractivity contribution in [3.63, 3.8) is 0 Å². The summed E-state index contributed by atoms with van der Waals surface area (Å²) >= 11 is 0. The summed E-state index contributed by atoms with van der Waals surface area (Å²) in [6.45, 7) is 1.40. The van der Waals surface area contributed by atoms with Gasteiger partial charge in [0.25, 0.3) is 0 Å². The second-order valence-corrected chi connectivity index (χ2v) is 17.3. The molecule has 4 aromatic rings. The number of aliphatic hydroxyl groups is 2. The van der Waals surface area contributed by atoms with Crippen LogP contribution in [0.2, 0.25) is 0 Å². The molecular weight excluding hydrogens is 818 g/mol. The normalized spacial score (nSPS) is 20.3. The Kier molecular flexibility index (Phi) is 19.7. The molecule has 18 nitrogen and oxygen atoms in total. The van der Waals surface area contributed by atoms with E-state index in [0.29, 0.717) is 28.9 Å². The van der Waals surface area contributed by atoms with Crippen molar-refractivity contribution in [2.75, 3.05) is 32.2 Å². The van der Waals surface area contributed by atoms with E-state index in [0.717, 1.165) is 19.3 Å². The Labute approximate surface area is 363 Å². The van der Waals surface area contributed by atoms with Gasteiger partial charge in [0.2, 0.25) is 5.60 Å². The summed E-state index contributed by atoms with van der Waals surface area (Å²) in [5.74, 6) is 0.161. The number of anilines is 1. The fraction of sp³-hybridized carbons (Fsp3) is 0.628. The fourth-order valence-corrected chi connectivity index (χ4v) is 8.26. The molecule has 4 heterocycles. The molecule has 1 fully saturated rings. The highest BCUT2D eigenvalue weighted by atomic mass is 31.2. The van der Waals surface area contributed by atoms with Crippen molar-refractivity contribution in [3.8, 4) is 17.8 Å². The zero-order valence-electron chi connectivity index (χ0n) is 35.7. The third-order valence-electron chi connectivity index (χ3n) is 11.1. The Balaban J connectivity index is 1.09. The number of nitrogens with zero attached hydrogens (tertiary/aromatic N) is 8. The second kappa shape index (κ2) is 25.1. The summed E-state index contributed by atoms with van der Waals surface area (Å²) < 4.78 is 44.5. The van der Waals surface area contributed by atoms with Crippen LogP contribution in [-0.4, -0.2) is 94.8 Å². The number of hydrogen-bond acceptors (Lipinski definition) is 15. The number of fused-ring (bicyclic) bond motifs is 1. The Morgan fingerprint density at radius 3 is 2.21 bits per heavy atom. The maximum Gasteiger partial charge on any atom is 0.472 e. The molecule has 3 aromatic heterocycles. The number of unbranched alkanes of at least 4 members (excludes halogenated alkanes) is 15. The number of benzene rings is 1. The zero-order chi connectivity index (χ0) is 44.2. The molecular formula is C43H62N9O9P. The molecule has 1 saturated heterocycles. The highest BCUT2D eigenvalue weighted by molar-refractivity contribution is 7.47. The summed E-state index contributed by atoms with van der Waals surface area (Å²) in [7, 11) is -4.91. The van der Waals surface area contributed by atoms with Crippen LogP contribution in [0.3, 0.4) is 0 Å². The number of ether oxygens (including phenoxy) is 3. The van der Waals surface area contributed by atoms with Gasteiger partial charge in [0, 0.05) is 6.61 Å². The Morgan fingerprint density at radius 2 is 1.58 bits per heavy atom. The van der Waals surface area contributed by atoms with Gasteiger partial charge in [-0.2, -0.15) is 20.7 Å². The van der Waals surface area contributed by atoms with Crippen molar-refractivity contribution in [3.05, 3.63) is 66.1 Å². The SMILES string of the molecule is CCCCCCCCCCCCCCCCCCOC[C@H](COP(=O)(O)OC[C@@]1(C#N)O[C@@H](c2ccc3c(N)ncnn23)[C@H](O)[C@@H]1O)OCc1ccc(C#N)c(-n2cncn2)c1. The number of nitriles is 2. The van der Waals surface area contributed by atoms with Gasteiger partial charge in [-0.25, -0.2) is 23.7 Å². The van der Waals surface area contributed by atoms with E-state index in [9.17, 15) is 30.2 Å². The molecule has 1 unspecified atom stereocenters. The second-order valence-electron chi connectivity index (χ2n) is 15.8. The van der Waals surface area contributed by atoms with Crippen molar-refractivity contribution >= 4 is 19.2 Å². The van der Waals surface area contributed by atoms with E-state index in [4.69, 9.17) is 29.0 Å². The van der Waals surface area contributed by atoms with E-state index < -0.39 is 51.1 Å². The van der Waals surface area contributed by atoms with Crippen LogP contribution in [-0.2, 0) is 34.4 Å². The van der Waals surface area contributed by atoms with E-state index in [-0.39, 0.29) is 24.7 Å². The van der Waals surface area contributed by atoms with Crippen molar-refractivity contribution in [2.45, 2.75) is 146 Å². The van der Waals surface area contributed by atoms with Crippen LogP contribution in [0.25, 0.3) is 11.2 Å². The summed E-state index contributed by atoms with van der Waals surface area (Å²) in [5, 5.41) is 49.9. The maximum atomic E-state index is 13.2. The monoisotopic (exact) mass is 879 g/mol. The predicted octanol–water partition coefficient (Wildman–Crippen LogP) is 6.82. The number of phosphoric ester groups is 1. The van der Waals surface area contributed by atoms with Crippen molar-refractivity contribution in [2.24, 2.45) is 0 Å². The minimum atomic E-state index is -4.91. The summed E-state index contributed by atoms with van der Waals surface area (Å²) in [6, 6.07) is 12.2. The average molecular weight is 880 g/mol. The molecule has 5 rings (SSSR count). The number of nitrogens with two attached hydrogens (primary N) is 1. The van der Waals surface area contributed by atoms with Gasteiger partial charge >= 0.3 is 7.82 Å². The maximum absolute atomic E-state index is 13.2. The Bertz CT molecular complexity index is 2070. The standard InChI is InChI=1S/C43H62N9O9P/c1-2-3-4-5-6-7-8-9-10-11-12-13-14-15-16-17-22-57-26-35(58-25-33-18-19-34(24-44)38(23-33)51-32-47-30-49-51)27-59-62(55,56)60-29-43(28-45)41(54)39(53)40(61-43)36-20-21-37-42(46)48-31-50-52(36)37/h18-21,23,30-32,35,39-41,53-54H,2-17,22,25-27,29H2,1H3,(H,55,56)(H2,46,48,50)/t35-,39+,40+,41+,43-/m1/s1. The van der Waals surface area contributed by atoms with Gasteiger partial charge in [0.15, 0.2) is 5.82 Å². The first-order valence-corrected chi connectivity index (χ1v) is 23.3. The Hall–Kier alpha value is -4.33. The van der Waals surface area contributed by atoms with E-state index in [1.807, 2.05) is 0 Å². The van der Waals surface area contributed by atoms with Crippen LogP contribution in [0, 0.1) is 22.7 Å². The van der Waals surface area contributed by atoms with Gasteiger partial charge in [-0.1, -0.05) is 109 Å². The summed E-state index contributed by atoms with van der Waals surface area (Å²) in [4.78, 5) is 18.6. The van der Waals surface area contributed by atoms with Crippen molar-refractivity contribution < 1.29 is 42.9 Å². The zero-order valence-corrected chi connectivity index (χ0v) is 36.6. The van der Waals surface area contributed by atoms with E-state index >= 15 is 0 Å². The van der Waals surface area contributed by atoms with E-state index in [1.54, 1.807) is 36.4 Å². The lowest BCUT2D eigenvalue weighted by atomic mass is 9.96. The van der Waals surface area contributed by atoms with Gasteiger partial charge in [-0.3, -0.25) is 9.05 Å². The molecule has 1 aliphatic heterocycles. The lowest BCUT2D eigenvalue weighted by Crippen LogP contribution is -2.45. The molecule has 338 valence electrons. The molecule has 1 aromatic carbocycles. The fourth-order valence-electron chi connectivity index (χ4n) is 7.48. The Morgan fingerprint density at radius 1 is 0.903 bits per heavy atom.